The standard InChI is InChI=1S/C12H10FNO3/c1-7(15)4-5-14-10-3-2-8(13)6-9(10)11(16)12(14)17/h2-3,6H,4-5H2,1H3. The number of benzene rings is 1. The SMILES string of the molecule is CC(=O)CCN1C(=O)C(=O)c2cc(F)ccc21. The number of hydrogen-bond donors (Lipinski definition) is 0. The van der Waals surface area contributed by atoms with Crippen molar-refractivity contribution < 1.29 is 18.8 Å². The van der Waals surface area contributed by atoms with Crippen molar-refractivity contribution in [3.8, 4) is 0 Å². The third-order valence-corrected chi connectivity index (χ3v) is 2.62. The van der Waals surface area contributed by atoms with Gasteiger partial charge in [0, 0.05) is 13.0 Å². The first-order valence-electron chi connectivity index (χ1n) is 5.16. The van der Waals surface area contributed by atoms with E-state index in [9.17, 15) is 18.8 Å². The number of anilines is 1. The van der Waals surface area contributed by atoms with Crippen LogP contribution in [0.15, 0.2) is 18.2 Å². The van der Waals surface area contributed by atoms with Gasteiger partial charge in [0.25, 0.3) is 11.7 Å². The average Bonchev–Trinajstić information content (AvgIpc) is 2.50. The Morgan fingerprint density at radius 2 is 2.06 bits per heavy atom. The third-order valence-electron chi connectivity index (χ3n) is 2.62. The number of halogens is 1. The van der Waals surface area contributed by atoms with Crippen molar-refractivity contribution in [3.05, 3.63) is 29.6 Å². The fourth-order valence-electron chi connectivity index (χ4n) is 1.76. The van der Waals surface area contributed by atoms with E-state index in [1.807, 2.05) is 0 Å². The maximum absolute atomic E-state index is 13.0. The maximum atomic E-state index is 13.0. The molecule has 0 radical (unpaired) electrons. The minimum atomic E-state index is -0.719. The normalized spacial score (nSPS) is 14.1. The molecule has 1 aromatic carbocycles. The molecule has 0 N–H and O–H groups in total. The molecule has 0 fully saturated rings. The number of amides is 1. The smallest absolute Gasteiger partial charge is 0.299 e. The van der Waals surface area contributed by atoms with E-state index < -0.39 is 17.5 Å². The largest absolute Gasteiger partial charge is 0.304 e. The van der Waals surface area contributed by atoms with Crippen molar-refractivity contribution in [2.45, 2.75) is 13.3 Å². The van der Waals surface area contributed by atoms with Gasteiger partial charge in [-0.05, 0) is 25.1 Å². The van der Waals surface area contributed by atoms with Crippen molar-refractivity contribution >= 4 is 23.2 Å². The summed E-state index contributed by atoms with van der Waals surface area (Å²) in [5.41, 5.74) is 0.446. The lowest BCUT2D eigenvalue weighted by atomic mass is 10.1. The molecule has 0 saturated carbocycles. The number of carbonyl (C=O) groups excluding carboxylic acids is 3. The molecule has 1 aliphatic heterocycles. The monoisotopic (exact) mass is 235 g/mol. The molecule has 0 aliphatic carbocycles. The highest BCUT2D eigenvalue weighted by Crippen LogP contribution is 2.29. The van der Waals surface area contributed by atoms with Crippen LogP contribution in [-0.4, -0.2) is 24.0 Å². The van der Waals surface area contributed by atoms with Crippen LogP contribution in [0.4, 0.5) is 10.1 Å². The number of nitrogens with zero attached hydrogens (tertiary/aromatic N) is 1. The molecule has 0 saturated heterocycles. The van der Waals surface area contributed by atoms with Gasteiger partial charge in [0.15, 0.2) is 0 Å². The molecule has 0 aromatic heterocycles. The second-order valence-corrected chi connectivity index (χ2v) is 3.90. The summed E-state index contributed by atoms with van der Waals surface area (Å²) in [6, 6.07) is 3.61. The fourth-order valence-corrected chi connectivity index (χ4v) is 1.76. The van der Waals surface area contributed by atoms with E-state index in [0.29, 0.717) is 5.69 Å². The quantitative estimate of drug-likeness (QED) is 0.743. The Morgan fingerprint density at radius 1 is 1.35 bits per heavy atom. The lowest BCUT2D eigenvalue weighted by Gasteiger charge is -2.15. The first-order valence-corrected chi connectivity index (χ1v) is 5.16. The molecular formula is C12H10FNO3. The van der Waals surface area contributed by atoms with E-state index in [1.54, 1.807) is 0 Å². The molecule has 1 heterocycles. The van der Waals surface area contributed by atoms with Crippen LogP contribution in [0, 0.1) is 5.82 Å². The van der Waals surface area contributed by atoms with Gasteiger partial charge in [-0.25, -0.2) is 4.39 Å². The minimum Gasteiger partial charge on any atom is -0.304 e. The summed E-state index contributed by atoms with van der Waals surface area (Å²) < 4.78 is 13.0. The molecule has 0 unspecified atom stereocenters. The summed E-state index contributed by atoms with van der Waals surface area (Å²) in [7, 11) is 0. The number of Topliss-reactive ketones (excluding diaryl/α,β-unsaturated/α-hetero) is 2. The second kappa shape index (κ2) is 4.08. The van der Waals surface area contributed by atoms with Gasteiger partial charge in [0.05, 0.1) is 11.3 Å². The van der Waals surface area contributed by atoms with Crippen molar-refractivity contribution in [1.29, 1.82) is 0 Å². The van der Waals surface area contributed by atoms with Crippen LogP contribution in [0.5, 0.6) is 0 Å². The van der Waals surface area contributed by atoms with Crippen LogP contribution in [0.2, 0.25) is 0 Å². The average molecular weight is 235 g/mol. The van der Waals surface area contributed by atoms with E-state index >= 15 is 0 Å². The number of ketones is 2. The predicted octanol–water partition coefficient (Wildman–Crippen LogP) is 1.33. The van der Waals surface area contributed by atoms with Crippen molar-refractivity contribution in [3.63, 3.8) is 0 Å². The van der Waals surface area contributed by atoms with Gasteiger partial charge in [-0.1, -0.05) is 0 Å². The molecule has 0 spiro atoms. The topological polar surface area (TPSA) is 54.5 Å². The summed E-state index contributed by atoms with van der Waals surface area (Å²) in [6.45, 7) is 1.56. The second-order valence-electron chi connectivity index (χ2n) is 3.90. The molecule has 0 bridgehead atoms. The summed E-state index contributed by atoms with van der Waals surface area (Å²) in [5.74, 6) is -2.05. The number of fused-ring (bicyclic) bond motifs is 1. The van der Waals surface area contributed by atoms with Crippen LogP contribution in [0.25, 0.3) is 0 Å². The van der Waals surface area contributed by atoms with E-state index in [0.717, 1.165) is 6.07 Å². The summed E-state index contributed by atoms with van der Waals surface area (Å²) >= 11 is 0. The summed E-state index contributed by atoms with van der Waals surface area (Å²) in [4.78, 5) is 35.3. The van der Waals surface area contributed by atoms with Crippen LogP contribution >= 0.6 is 0 Å². The highest BCUT2D eigenvalue weighted by molar-refractivity contribution is 6.52. The zero-order valence-corrected chi connectivity index (χ0v) is 9.20. The Hall–Kier alpha value is -2.04. The Labute approximate surface area is 97.0 Å². The molecule has 1 amide bonds. The van der Waals surface area contributed by atoms with Gasteiger partial charge in [-0.3, -0.25) is 14.4 Å². The molecule has 4 nitrogen and oxygen atoms in total. The zero-order chi connectivity index (χ0) is 12.6. The van der Waals surface area contributed by atoms with Gasteiger partial charge in [-0.2, -0.15) is 0 Å². The fraction of sp³-hybridized carbons (Fsp3) is 0.250. The molecule has 2 rings (SSSR count). The van der Waals surface area contributed by atoms with E-state index in [-0.39, 0.29) is 24.3 Å². The zero-order valence-electron chi connectivity index (χ0n) is 9.20. The van der Waals surface area contributed by atoms with Gasteiger partial charge in [0.1, 0.15) is 11.6 Å². The number of rotatable bonds is 3. The van der Waals surface area contributed by atoms with E-state index in [4.69, 9.17) is 0 Å². The van der Waals surface area contributed by atoms with Crippen molar-refractivity contribution in [2.24, 2.45) is 0 Å². The van der Waals surface area contributed by atoms with Gasteiger partial charge < -0.3 is 4.90 Å². The molecule has 1 aliphatic rings. The molecule has 1 aromatic rings. The Bertz CT molecular complexity index is 524. The van der Waals surface area contributed by atoms with Crippen LogP contribution < -0.4 is 4.90 Å². The van der Waals surface area contributed by atoms with Crippen LogP contribution in [0.1, 0.15) is 23.7 Å². The maximum Gasteiger partial charge on any atom is 0.299 e. The Balaban J connectivity index is 2.34. The van der Waals surface area contributed by atoms with Gasteiger partial charge >= 0.3 is 0 Å². The van der Waals surface area contributed by atoms with Crippen molar-refractivity contribution in [1.82, 2.24) is 0 Å². The Morgan fingerprint density at radius 3 is 2.71 bits per heavy atom. The van der Waals surface area contributed by atoms with Gasteiger partial charge in [0.2, 0.25) is 0 Å². The lowest BCUT2D eigenvalue weighted by molar-refractivity contribution is -0.117. The van der Waals surface area contributed by atoms with E-state index in [2.05, 4.69) is 0 Å². The highest BCUT2D eigenvalue weighted by atomic mass is 19.1. The summed E-state index contributed by atoms with van der Waals surface area (Å²) in [6.07, 6.45) is 0.176. The first kappa shape index (κ1) is 11.4. The molecule has 17 heavy (non-hydrogen) atoms. The Kier molecular flexibility index (Phi) is 2.75. The van der Waals surface area contributed by atoms with E-state index in [1.165, 1.54) is 24.0 Å². The van der Waals surface area contributed by atoms with Crippen LogP contribution in [0.3, 0.4) is 0 Å². The van der Waals surface area contributed by atoms with Crippen molar-refractivity contribution in [2.75, 3.05) is 11.4 Å². The first-order chi connectivity index (χ1) is 8.00. The molecule has 5 heteroatoms. The predicted molar refractivity (Wildman–Crippen MR) is 58.4 cm³/mol. The number of hydrogen-bond acceptors (Lipinski definition) is 3. The van der Waals surface area contributed by atoms with Crippen LogP contribution in [-0.2, 0) is 9.59 Å². The molecule has 0 atom stereocenters. The minimum absolute atomic E-state index is 0.0681. The number of carbonyl (C=O) groups is 3. The molecular weight excluding hydrogens is 225 g/mol. The summed E-state index contributed by atoms with van der Waals surface area (Å²) in [5, 5.41) is 0. The highest BCUT2D eigenvalue weighted by Gasteiger charge is 2.35. The lowest BCUT2D eigenvalue weighted by Crippen LogP contribution is -2.31. The third kappa shape index (κ3) is 1.95. The molecule has 88 valence electrons. The van der Waals surface area contributed by atoms with Gasteiger partial charge in [-0.15, -0.1) is 0 Å².